The van der Waals surface area contributed by atoms with Crippen LogP contribution in [0, 0.1) is 6.92 Å². The molecule has 29 heavy (non-hydrogen) atoms. The van der Waals surface area contributed by atoms with Gasteiger partial charge in [0.15, 0.2) is 5.69 Å². The lowest BCUT2D eigenvalue weighted by molar-refractivity contribution is 0.0692. The van der Waals surface area contributed by atoms with E-state index < -0.39 is 5.97 Å². The van der Waals surface area contributed by atoms with Crippen molar-refractivity contribution < 1.29 is 14.6 Å². The van der Waals surface area contributed by atoms with Crippen molar-refractivity contribution in [2.75, 3.05) is 0 Å². The number of carboxylic acids is 1. The van der Waals surface area contributed by atoms with Crippen LogP contribution >= 0.6 is 0 Å². The first-order valence-electron chi connectivity index (χ1n) is 9.27. The third kappa shape index (κ3) is 4.19. The third-order valence-corrected chi connectivity index (χ3v) is 4.62. The first kappa shape index (κ1) is 18.5. The minimum atomic E-state index is -1.04. The van der Waals surface area contributed by atoms with Crippen LogP contribution < -0.4 is 4.74 Å². The van der Waals surface area contributed by atoms with Crippen molar-refractivity contribution >= 4 is 5.97 Å². The van der Waals surface area contributed by atoms with Gasteiger partial charge in [-0.3, -0.25) is 0 Å². The highest BCUT2D eigenvalue weighted by molar-refractivity contribution is 5.94. The lowest BCUT2D eigenvalue weighted by Crippen LogP contribution is -1.99. The molecule has 0 atom stereocenters. The van der Waals surface area contributed by atoms with Gasteiger partial charge in [0.2, 0.25) is 0 Å². The highest BCUT2D eigenvalue weighted by Gasteiger charge is 2.18. The number of imidazole rings is 1. The zero-order valence-corrected chi connectivity index (χ0v) is 15.9. The van der Waals surface area contributed by atoms with E-state index in [-0.39, 0.29) is 5.69 Å². The predicted octanol–water partition coefficient (Wildman–Crippen LogP) is 5.33. The van der Waals surface area contributed by atoms with Gasteiger partial charge < -0.3 is 14.8 Å². The largest absolute Gasteiger partial charge is 0.489 e. The zero-order valence-electron chi connectivity index (χ0n) is 15.9. The van der Waals surface area contributed by atoms with Crippen LogP contribution in [0.25, 0.3) is 22.6 Å². The Morgan fingerprint density at radius 1 is 0.931 bits per heavy atom. The second-order valence-corrected chi connectivity index (χ2v) is 6.78. The summed E-state index contributed by atoms with van der Waals surface area (Å²) in [5, 5.41) is 9.57. The number of aryl methyl sites for hydroxylation is 1. The molecule has 0 aliphatic rings. The molecular weight excluding hydrogens is 364 g/mol. The molecule has 5 heteroatoms. The quantitative estimate of drug-likeness (QED) is 0.471. The van der Waals surface area contributed by atoms with Crippen molar-refractivity contribution in [1.29, 1.82) is 0 Å². The molecule has 0 fully saturated rings. The van der Waals surface area contributed by atoms with Crippen LogP contribution in [0.5, 0.6) is 5.75 Å². The van der Waals surface area contributed by atoms with E-state index in [1.807, 2.05) is 85.8 Å². The number of carboxylic acid groups (broad SMARTS) is 1. The van der Waals surface area contributed by atoms with Crippen molar-refractivity contribution in [1.82, 2.24) is 9.97 Å². The molecule has 0 spiro atoms. The van der Waals surface area contributed by atoms with Gasteiger partial charge in [0, 0.05) is 11.1 Å². The average Bonchev–Trinajstić information content (AvgIpc) is 3.20. The molecule has 0 saturated carbocycles. The van der Waals surface area contributed by atoms with Crippen molar-refractivity contribution in [2.45, 2.75) is 13.5 Å². The van der Waals surface area contributed by atoms with Gasteiger partial charge in [0.25, 0.3) is 0 Å². The van der Waals surface area contributed by atoms with E-state index in [0.717, 1.165) is 28.0 Å². The van der Waals surface area contributed by atoms with Crippen LogP contribution in [0.3, 0.4) is 0 Å². The van der Waals surface area contributed by atoms with Gasteiger partial charge >= 0.3 is 5.97 Å². The van der Waals surface area contributed by atoms with E-state index in [1.165, 1.54) is 0 Å². The fraction of sp³-hybridized carbons (Fsp3) is 0.0833. The Bertz CT molecular complexity index is 1120. The Kier molecular flexibility index (Phi) is 5.12. The van der Waals surface area contributed by atoms with E-state index in [1.54, 1.807) is 0 Å². The van der Waals surface area contributed by atoms with Crippen LogP contribution in [0.4, 0.5) is 0 Å². The highest BCUT2D eigenvalue weighted by atomic mass is 16.5. The molecule has 0 saturated heterocycles. The average molecular weight is 384 g/mol. The number of hydrogen-bond donors (Lipinski definition) is 2. The van der Waals surface area contributed by atoms with Gasteiger partial charge in [0.1, 0.15) is 23.9 Å². The Morgan fingerprint density at radius 3 is 2.24 bits per heavy atom. The van der Waals surface area contributed by atoms with E-state index in [2.05, 4.69) is 9.97 Å². The molecule has 144 valence electrons. The summed E-state index contributed by atoms with van der Waals surface area (Å²) < 4.78 is 5.81. The van der Waals surface area contributed by atoms with Crippen molar-refractivity contribution in [3.05, 3.63) is 95.7 Å². The number of carbonyl (C=O) groups is 1. The Labute approximate surface area is 168 Å². The molecule has 0 bridgehead atoms. The smallest absolute Gasteiger partial charge is 0.354 e. The molecule has 0 unspecified atom stereocenters. The molecule has 0 aliphatic carbocycles. The number of nitrogens with zero attached hydrogens (tertiary/aromatic N) is 1. The number of nitrogens with one attached hydrogen (secondary N) is 1. The van der Waals surface area contributed by atoms with Gasteiger partial charge in [-0.25, -0.2) is 9.78 Å². The summed E-state index contributed by atoms with van der Waals surface area (Å²) >= 11 is 0. The van der Waals surface area contributed by atoms with Gasteiger partial charge in [-0.2, -0.15) is 0 Å². The SMILES string of the molecule is Cc1ccc(-c2nc(-c3ccc(OCc4ccccc4)cc3)[nH]c2C(=O)O)cc1. The first-order valence-corrected chi connectivity index (χ1v) is 9.27. The number of benzene rings is 3. The molecule has 3 aromatic carbocycles. The number of aromatic amines is 1. The predicted molar refractivity (Wildman–Crippen MR) is 112 cm³/mol. The van der Waals surface area contributed by atoms with E-state index in [4.69, 9.17) is 4.74 Å². The Morgan fingerprint density at radius 2 is 1.59 bits per heavy atom. The molecule has 0 radical (unpaired) electrons. The lowest BCUT2D eigenvalue weighted by Gasteiger charge is -2.06. The van der Waals surface area contributed by atoms with Crippen LogP contribution in [0.1, 0.15) is 21.6 Å². The topological polar surface area (TPSA) is 75.2 Å². The second-order valence-electron chi connectivity index (χ2n) is 6.78. The molecule has 4 rings (SSSR count). The molecular formula is C24H20N2O3. The second kappa shape index (κ2) is 8.02. The monoisotopic (exact) mass is 384 g/mol. The van der Waals surface area contributed by atoms with Crippen LogP contribution in [-0.4, -0.2) is 21.0 Å². The molecule has 0 aliphatic heterocycles. The maximum absolute atomic E-state index is 11.7. The zero-order chi connectivity index (χ0) is 20.2. The molecule has 5 nitrogen and oxygen atoms in total. The lowest BCUT2D eigenvalue weighted by atomic mass is 10.1. The fourth-order valence-electron chi connectivity index (χ4n) is 3.03. The Balaban J connectivity index is 1.57. The maximum Gasteiger partial charge on any atom is 0.354 e. The van der Waals surface area contributed by atoms with Crippen LogP contribution in [0.15, 0.2) is 78.9 Å². The Hall–Kier alpha value is -3.86. The number of hydrogen-bond acceptors (Lipinski definition) is 3. The normalized spacial score (nSPS) is 10.7. The first-order chi connectivity index (χ1) is 14.1. The molecule has 2 N–H and O–H groups in total. The van der Waals surface area contributed by atoms with Gasteiger partial charge in [0.05, 0.1) is 0 Å². The van der Waals surface area contributed by atoms with Gasteiger partial charge in [-0.05, 0) is 36.8 Å². The van der Waals surface area contributed by atoms with Crippen LogP contribution in [-0.2, 0) is 6.61 Å². The molecule has 4 aromatic rings. The van der Waals surface area contributed by atoms with E-state index >= 15 is 0 Å². The summed E-state index contributed by atoms with van der Waals surface area (Å²) in [5.41, 5.74) is 4.25. The summed E-state index contributed by atoms with van der Waals surface area (Å²) in [6.07, 6.45) is 0. The number of rotatable bonds is 6. The summed E-state index contributed by atoms with van der Waals surface area (Å²) in [6, 6.07) is 25.0. The molecule has 1 heterocycles. The van der Waals surface area contributed by atoms with E-state index in [9.17, 15) is 9.90 Å². The summed E-state index contributed by atoms with van der Waals surface area (Å²) in [5.74, 6) is 0.205. The van der Waals surface area contributed by atoms with Crippen molar-refractivity contribution in [3.8, 4) is 28.4 Å². The molecule has 1 aromatic heterocycles. The standard InChI is InChI=1S/C24H20N2O3/c1-16-7-9-18(10-8-16)21-22(24(27)28)26-23(25-21)19-11-13-20(14-12-19)29-15-17-5-3-2-4-6-17/h2-14H,15H2,1H3,(H,25,26)(H,27,28). The van der Waals surface area contributed by atoms with Crippen molar-refractivity contribution in [2.24, 2.45) is 0 Å². The van der Waals surface area contributed by atoms with Crippen LogP contribution in [0.2, 0.25) is 0 Å². The summed E-state index contributed by atoms with van der Waals surface area (Å²) in [4.78, 5) is 19.2. The van der Waals surface area contributed by atoms with E-state index in [0.29, 0.717) is 18.1 Å². The summed E-state index contributed by atoms with van der Waals surface area (Å²) in [6.45, 7) is 2.47. The molecule has 0 amide bonds. The summed E-state index contributed by atoms with van der Waals surface area (Å²) in [7, 11) is 0. The number of aromatic carboxylic acids is 1. The minimum Gasteiger partial charge on any atom is -0.489 e. The van der Waals surface area contributed by atoms with Gasteiger partial charge in [-0.15, -0.1) is 0 Å². The maximum atomic E-state index is 11.7. The third-order valence-electron chi connectivity index (χ3n) is 4.62. The number of aromatic nitrogens is 2. The number of H-pyrrole nitrogens is 1. The number of ether oxygens (including phenoxy) is 1. The highest BCUT2D eigenvalue weighted by Crippen LogP contribution is 2.27. The van der Waals surface area contributed by atoms with Gasteiger partial charge in [-0.1, -0.05) is 60.2 Å². The fourth-order valence-corrected chi connectivity index (χ4v) is 3.03. The minimum absolute atomic E-state index is 0.0771. The van der Waals surface area contributed by atoms with Crippen molar-refractivity contribution in [3.63, 3.8) is 0 Å².